The summed E-state index contributed by atoms with van der Waals surface area (Å²) in [6, 6.07) is 1.69. The largest absolute Gasteiger partial charge is 0.477 e. The highest BCUT2D eigenvalue weighted by atomic mass is 16.4. The van der Waals surface area contributed by atoms with Crippen LogP contribution in [0.2, 0.25) is 0 Å². The standard InChI is InChI=1S/C9H11NO3/c1-5-3-7(4-6(2)11)10-8(5)9(12)13/h3,10H,4H2,1-2H3,(H,12,13). The third-order valence-corrected chi connectivity index (χ3v) is 1.72. The summed E-state index contributed by atoms with van der Waals surface area (Å²) in [6.45, 7) is 3.17. The number of aromatic amines is 1. The van der Waals surface area contributed by atoms with Crippen LogP contribution >= 0.6 is 0 Å². The van der Waals surface area contributed by atoms with Crippen molar-refractivity contribution in [1.82, 2.24) is 4.98 Å². The van der Waals surface area contributed by atoms with E-state index in [1.54, 1.807) is 13.0 Å². The summed E-state index contributed by atoms with van der Waals surface area (Å²) in [7, 11) is 0. The highest BCUT2D eigenvalue weighted by Gasteiger charge is 2.11. The zero-order chi connectivity index (χ0) is 10.0. The molecule has 1 rings (SSSR count). The molecule has 0 aromatic carbocycles. The van der Waals surface area contributed by atoms with Gasteiger partial charge in [-0.15, -0.1) is 0 Å². The molecular formula is C9H11NO3. The maximum absolute atomic E-state index is 10.7. The summed E-state index contributed by atoms with van der Waals surface area (Å²) in [5.41, 5.74) is 1.47. The van der Waals surface area contributed by atoms with Crippen LogP contribution in [0.1, 0.15) is 28.7 Å². The van der Waals surface area contributed by atoms with Gasteiger partial charge in [0.05, 0.1) is 0 Å². The molecule has 2 N–H and O–H groups in total. The first-order valence-corrected chi connectivity index (χ1v) is 3.92. The fourth-order valence-electron chi connectivity index (χ4n) is 1.21. The summed E-state index contributed by atoms with van der Waals surface area (Å²) in [6.07, 6.45) is 0.258. The second-order valence-corrected chi connectivity index (χ2v) is 3.04. The zero-order valence-corrected chi connectivity index (χ0v) is 7.55. The topological polar surface area (TPSA) is 70.2 Å². The second kappa shape index (κ2) is 3.43. The van der Waals surface area contributed by atoms with E-state index in [1.165, 1.54) is 6.92 Å². The molecule has 13 heavy (non-hydrogen) atoms. The van der Waals surface area contributed by atoms with Crippen LogP contribution in [0, 0.1) is 6.92 Å². The molecule has 1 aromatic heterocycles. The van der Waals surface area contributed by atoms with Gasteiger partial charge in [0.1, 0.15) is 11.5 Å². The molecule has 0 aliphatic rings. The lowest BCUT2D eigenvalue weighted by Crippen LogP contribution is -2.00. The average molecular weight is 181 g/mol. The molecular weight excluding hydrogens is 170 g/mol. The van der Waals surface area contributed by atoms with Crippen molar-refractivity contribution in [3.05, 3.63) is 23.0 Å². The summed E-state index contributed by atoms with van der Waals surface area (Å²) in [5, 5.41) is 8.70. The fraction of sp³-hybridized carbons (Fsp3) is 0.333. The number of Topliss-reactive ketones (excluding diaryl/α,β-unsaturated/α-hetero) is 1. The molecule has 0 bridgehead atoms. The molecule has 1 aromatic rings. The van der Waals surface area contributed by atoms with Crippen molar-refractivity contribution in [2.45, 2.75) is 20.3 Å². The van der Waals surface area contributed by atoms with E-state index in [2.05, 4.69) is 4.98 Å². The predicted octanol–water partition coefficient (Wildman–Crippen LogP) is 1.15. The van der Waals surface area contributed by atoms with Gasteiger partial charge in [-0.3, -0.25) is 4.79 Å². The number of carbonyl (C=O) groups excluding carboxylic acids is 1. The third kappa shape index (κ3) is 2.18. The van der Waals surface area contributed by atoms with E-state index in [4.69, 9.17) is 5.11 Å². The third-order valence-electron chi connectivity index (χ3n) is 1.72. The first-order valence-electron chi connectivity index (χ1n) is 3.92. The van der Waals surface area contributed by atoms with Crippen LogP contribution < -0.4 is 0 Å². The minimum absolute atomic E-state index is 0.0122. The van der Waals surface area contributed by atoms with E-state index >= 15 is 0 Å². The van der Waals surface area contributed by atoms with Crippen molar-refractivity contribution >= 4 is 11.8 Å². The van der Waals surface area contributed by atoms with Crippen molar-refractivity contribution in [1.29, 1.82) is 0 Å². The maximum Gasteiger partial charge on any atom is 0.352 e. The molecule has 0 atom stereocenters. The summed E-state index contributed by atoms with van der Waals surface area (Å²) < 4.78 is 0. The monoisotopic (exact) mass is 181 g/mol. The van der Waals surface area contributed by atoms with Crippen LogP contribution in [0.15, 0.2) is 6.07 Å². The molecule has 0 unspecified atom stereocenters. The van der Waals surface area contributed by atoms with Crippen LogP contribution in [0.5, 0.6) is 0 Å². The fourth-order valence-corrected chi connectivity index (χ4v) is 1.21. The minimum Gasteiger partial charge on any atom is -0.477 e. The number of carboxylic acid groups (broad SMARTS) is 1. The van der Waals surface area contributed by atoms with Crippen LogP contribution in [0.4, 0.5) is 0 Å². The Morgan fingerprint density at radius 1 is 1.54 bits per heavy atom. The van der Waals surface area contributed by atoms with Gasteiger partial charge >= 0.3 is 5.97 Å². The Morgan fingerprint density at radius 2 is 2.15 bits per heavy atom. The maximum atomic E-state index is 10.7. The van der Waals surface area contributed by atoms with Crippen molar-refractivity contribution in [3.63, 3.8) is 0 Å². The van der Waals surface area contributed by atoms with Gasteiger partial charge in [-0.2, -0.15) is 0 Å². The molecule has 0 saturated heterocycles. The molecule has 4 nitrogen and oxygen atoms in total. The highest BCUT2D eigenvalue weighted by Crippen LogP contribution is 2.10. The molecule has 0 aliphatic heterocycles. The van der Waals surface area contributed by atoms with Gasteiger partial charge < -0.3 is 10.1 Å². The number of H-pyrrole nitrogens is 1. The molecule has 0 spiro atoms. The molecule has 1 heterocycles. The first kappa shape index (κ1) is 9.51. The Bertz CT molecular complexity index is 352. The summed E-state index contributed by atoms with van der Waals surface area (Å²) in [5.74, 6) is -0.981. The number of aromatic nitrogens is 1. The number of hydrogen-bond donors (Lipinski definition) is 2. The molecule has 4 heteroatoms. The van der Waals surface area contributed by atoms with Crippen molar-refractivity contribution in [2.24, 2.45) is 0 Å². The quantitative estimate of drug-likeness (QED) is 0.734. The number of nitrogens with one attached hydrogen (secondary N) is 1. The van der Waals surface area contributed by atoms with Gasteiger partial charge in [-0.05, 0) is 25.5 Å². The van der Waals surface area contributed by atoms with Crippen molar-refractivity contribution in [3.8, 4) is 0 Å². The Labute approximate surface area is 75.6 Å². The summed E-state index contributed by atoms with van der Waals surface area (Å²) in [4.78, 5) is 24.0. The van der Waals surface area contributed by atoms with E-state index in [1.807, 2.05) is 0 Å². The Hall–Kier alpha value is -1.58. The molecule has 0 radical (unpaired) electrons. The van der Waals surface area contributed by atoms with E-state index in [0.29, 0.717) is 11.3 Å². The second-order valence-electron chi connectivity index (χ2n) is 3.04. The number of carbonyl (C=O) groups is 2. The molecule has 0 fully saturated rings. The van der Waals surface area contributed by atoms with Gasteiger partial charge in [0.2, 0.25) is 0 Å². The lowest BCUT2D eigenvalue weighted by molar-refractivity contribution is -0.116. The average Bonchev–Trinajstić information content (AvgIpc) is 2.29. The minimum atomic E-state index is -0.993. The molecule has 0 saturated carbocycles. The van der Waals surface area contributed by atoms with Gasteiger partial charge in [0.25, 0.3) is 0 Å². The predicted molar refractivity (Wildman–Crippen MR) is 46.9 cm³/mol. The Balaban J connectivity index is 2.95. The van der Waals surface area contributed by atoms with Gasteiger partial charge in [-0.1, -0.05) is 0 Å². The van der Waals surface area contributed by atoms with Crippen LogP contribution in [-0.2, 0) is 11.2 Å². The van der Waals surface area contributed by atoms with E-state index in [9.17, 15) is 9.59 Å². The normalized spacial score (nSPS) is 10.0. The van der Waals surface area contributed by atoms with Gasteiger partial charge in [0.15, 0.2) is 0 Å². The number of aromatic carboxylic acids is 1. The van der Waals surface area contributed by atoms with Crippen LogP contribution in [0.3, 0.4) is 0 Å². The SMILES string of the molecule is CC(=O)Cc1cc(C)c(C(=O)O)[nH]1. The van der Waals surface area contributed by atoms with E-state index in [-0.39, 0.29) is 17.9 Å². The summed E-state index contributed by atoms with van der Waals surface area (Å²) >= 11 is 0. The molecule has 0 aliphatic carbocycles. The lowest BCUT2D eigenvalue weighted by atomic mass is 10.2. The zero-order valence-electron chi connectivity index (χ0n) is 7.55. The van der Waals surface area contributed by atoms with Gasteiger partial charge in [-0.25, -0.2) is 4.79 Å². The van der Waals surface area contributed by atoms with E-state index < -0.39 is 5.97 Å². The Morgan fingerprint density at radius 3 is 2.54 bits per heavy atom. The van der Waals surface area contributed by atoms with Crippen LogP contribution in [-0.4, -0.2) is 21.8 Å². The molecule has 0 amide bonds. The number of carboxylic acids is 1. The first-order chi connectivity index (χ1) is 6.00. The van der Waals surface area contributed by atoms with Crippen molar-refractivity contribution < 1.29 is 14.7 Å². The number of ketones is 1. The smallest absolute Gasteiger partial charge is 0.352 e. The Kier molecular flexibility index (Phi) is 2.51. The number of rotatable bonds is 3. The van der Waals surface area contributed by atoms with Crippen molar-refractivity contribution in [2.75, 3.05) is 0 Å². The van der Waals surface area contributed by atoms with E-state index in [0.717, 1.165) is 0 Å². The lowest BCUT2D eigenvalue weighted by Gasteiger charge is -1.91. The number of aryl methyl sites for hydroxylation is 1. The number of hydrogen-bond acceptors (Lipinski definition) is 2. The van der Waals surface area contributed by atoms with Gasteiger partial charge in [0, 0.05) is 12.1 Å². The molecule has 70 valence electrons. The van der Waals surface area contributed by atoms with Crippen LogP contribution in [0.25, 0.3) is 0 Å². The highest BCUT2D eigenvalue weighted by molar-refractivity contribution is 5.88.